The Morgan fingerprint density at radius 1 is 1.31 bits per heavy atom. The van der Waals surface area contributed by atoms with Crippen LogP contribution in [-0.2, 0) is 9.59 Å². The minimum atomic E-state index is -1.51. The molecule has 1 rings (SSSR count). The van der Waals surface area contributed by atoms with Crippen molar-refractivity contribution in [3.8, 4) is 5.75 Å². The first-order chi connectivity index (χ1) is 7.47. The minimum Gasteiger partial charge on any atom is -0.496 e. The van der Waals surface area contributed by atoms with Crippen molar-refractivity contribution in [3.63, 3.8) is 0 Å². The summed E-state index contributed by atoms with van der Waals surface area (Å²) >= 11 is 0. The average molecular weight is 223 g/mol. The van der Waals surface area contributed by atoms with Crippen molar-refractivity contribution in [2.45, 2.75) is 13.8 Å². The van der Waals surface area contributed by atoms with Gasteiger partial charge in [-0.05, 0) is 25.5 Å². The van der Waals surface area contributed by atoms with Gasteiger partial charge in [0, 0.05) is 11.3 Å². The van der Waals surface area contributed by atoms with Crippen LogP contribution in [0.2, 0.25) is 0 Å². The molecule has 5 heteroatoms. The Morgan fingerprint density at radius 3 is 2.44 bits per heavy atom. The molecular weight excluding hydrogens is 210 g/mol. The maximum atomic E-state index is 11.0. The van der Waals surface area contributed by atoms with E-state index in [0.29, 0.717) is 17.0 Å². The molecular formula is C11H13NO4. The van der Waals surface area contributed by atoms with Crippen molar-refractivity contribution in [3.05, 3.63) is 23.3 Å². The Hall–Kier alpha value is -2.04. The Balaban J connectivity index is 3.07. The average Bonchev–Trinajstić information content (AvgIpc) is 2.22. The zero-order chi connectivity index (χ0) is 12.3. The maximum absolute atomic E-state index is 11.0. The SMILES string of the molecule is COc1c(C)ccc(NC(=O)C(=O)O)c1C. The van der Waals surface area contributed by atoms with Crippen molar-refractivity contribution < 1.29 is 19.4 Å². The summed E-state index contributed by atoms with van der Waals surface area (Å²) in [5.74, 6) is -1.93. The summed E-state index contributed by atoms with van der Waals surface area (Å²) in [6.45, 7) is 3.62. The second-order valence-electron chi connectivity index (χ2n) is 3.35. The smallest absolute Gasteiger partial charge is 0.394 e. The van der Waals surface area contributed by atoms with Crippen LogP contribution in [0, 0.1) is 13.8 Å². The standard InChI is InChI=1S/C11H13NO4/c1-6-4-5-8(7(2)9(6)16-3)12-10(13)11(14)15/h4-5H,1-3H3,(H,12,13)(H,14,15). The van der Waals surface area contributed by atoms with Crippen molar-refractivity contribution in [2.24, 2.45) is 0 Å². The summed E-state index contributed by atoms with van der Waals surface area (Å²) in [5, 5.41) is 10.8. The van der Waals surface area contributed by atoms with E-state index in [2.05, 4.69) is 5.32 Å². The fraction of sp³-hybridized carbons (Fsp3) is 0.273. The van der Waals surface area contributed by atoms with Crippen LogP contribution in [0.5, 0.6) is 5.75 Å². The summed E-state index contributed by atoms with van der Waals surface area (Å²) in [5.41, 5.74) is 2.07. The summed E-state index contributed by atoms with van der Waals surface area (Å²) < 4.78 is 5.16. The van der Waals surface area contributed by atoms with Gasteiger partial charge >= 0.3 is 11.9 Å². The minimum absolute atomic E-state index is 0.440. The van der Waals surface area contributed by atoms with Gasteiger partial charge in [0.25, 0.3) is 0 Å². The third kappa shape index (κ3) is 2.31. The molecule has 1 aromatic carbocycles. The lowest BCUT2D eigenvalue weighted by Crippen LogP contribution is -2.22. The molecule has 2 N–H and O–H groups in total. The van der Waals surface area contributed by atoms with E-state index in [0.717, 1.165) is 5.56 Å². The van der Waals surface area contributed by atoms with Crippen molar-refractivity contribution >= 4 is 17.6 Å². The van der Waals surface area contributed by atoms with Crippen LogP contribution in [0.4, 0.5) is 5.69 Å². The molecule has 0 bridgehead atoms. The Labute approximate surface area is 93.0 Å². The van der Waals surface area contributed by atoms with Crippen LogP contribution < -0.4 is 10.1 Å². The van der Waals surface area contributed by atoms with Gasteiger partial charge in [0.05, 0.1) is 7.11 Å². The lowest BCUT2D eigenvalue weighted by atomic mass is 10.1. The predicted octanol–water partition coefficient (Wildman–Crippen LogP) is 1.34. The van der Waals surface area contributed by atoms with Crippen molar-refractivity contribution in [1.29, 1.82) is 0 Å². The van der Waals surface area contributed by atoms with Crippen LogP contribution in [0.1, 0.15) is 11.1 Å². The number of carbonyl (C=O) groups is 2. The van der Waals surface area contributed by atoms with Gasteiger partial charge in [-0.1, -0.05) is 6.07 Å². The summed E-state index contributed by atoms with van der Waals surface area (Å²) in [4.78, 5) is 21.4. The molecule has 0 fully saturated rings. The zero-order valence-corrected chi connectivity index (χ0v) is 9.33. The number of carboxylic acids is 1. The van der Waals surface area contributed by atoms with Crippen LogP contribution >= 0.6 is 0 Å². The highest BCUT2D eigenvalue weighted by atomic mass is 16.5. The van der Waals surface area contributed by atoms with E-state index < -0.39 is 11.9 Å². The van der Waals surface area contributed by atoms with E-state index in [-0.39, 0.29) is 0 Å². The predicted molar refractivity (Wildman–Crippen MR) is 58.7 cm³/mol. The number of ether oxygens (including phenoxy) is 1. The molecule has 1 aromatic rings. The second kappa shape index (κ2) is 4.65. The number of carboxylic acid groups (broad SMARTS) is 1. The molecule has 16 heavy (non-hydrogen) atoms. The van der Waals surface area contributed by atoms with Gasteiger partial charge in [0.1, 0.15) is 5.75 Å². The Bertz CT molecular complexity index is 440. The summed E-state index contributed by atoms with van der Waals surface area (Å²) in [6.07, 6.45) is 0. The van der Waals surface area contributed by atoms with E-state index in [1.54, 1.807) is 19.1 Å². The molecule has 0 heterocycles. The second-order valence-corrected chi connectivity index (χ2v) is 3.35. The molecule has 0 saturated heterocycles. The number of carbonyl (C=O) groups excluding carboxylic acids is 1. The molecule has 0 saturated carbocycles. The van der Waals surface area contributed by atoms with E-state index in [1.165, 1.54) is 7.11 Å². The maximum Gasteiger partial charge on any atom is 0.394 e. The fourth-order valence-electron chi connectivity index (χ4n) is 1.45. The summed E-state index contributed by atoms with van der Waals surface area (Å²) in [6, 6.07) is 3.40. The number of rotatable bonds is 2. The van der Waals surface area contributed by atoms with Gasteiger partial charge in [-0.15, -0.1) is 0 Å². The summed E-state index contributed by atoms with van der Waals surface area (Å²) in [7, 11) is 1.53. The molecule has 86 valence electrons. The number of hydrogen-bond acceptors (Lipinski definition) is 3. The first-order valence-electron chi connectivity index (χ1n) is 4.65. The molecule has 0 aliphatic heterocycles. The van der Waals surface area contributed by atoms with Gasteiger partial charge < -0.3 is 15.2 Å². The highest BCUT2D eigenvalue weighted by Gasteiger charge is 2.14. The molecule has 5 nitrogen and oxygen atoms in total. The quantitative estimate of drug-likeness (QED) is 0.742. The van der Waals surface area contributed by atoms with Gasteiger partial charge in [-0.2, -0.15) is 0 Å². The number of amides is 1. The fourth-order valence-corrected chi connectivity index (χ4v) is 1.45. The van der Waals surface area contributed by atoms with Gasteiger partial charge in [-0.25, -0.2) is 4.79 Å². The monoisotopic (exact) mass is 223 g/mol. The van der Waals surface area contributed by atoms with Gasteiger partial charge in [-0.3, -0.25) is 4.79 Å². The van der Waals surface area contributed by atoms with E-state index in [1.807, 2.05) is 6.92 Å². The first-order valence-corrected chi connectivity index (χ1v) is 4.65. The van der Waals surface area contributed by atoms with E-state index >= 15 is 0 Å². The third-order valence-corrected chi connectivity index (χ3v) is 2.25. The van der Waals surface area contributed by atoms with E-state index in [4.69, 9.17) is 9.84 Å². The molecule has 1 amide bonds. The Kier molecular flexibility index (Phi) is 3.50. The largest absolute Gasteiger partial charge is 0.496 e. The topological polar surface area (TPSA) is 75.6 Å². The van der Waals surface area contributed by atoms with Crippen LogP contribution in [0.15, 0.2) is 12.1 Å². The molecule has 0 aromatic heterocycles. The zero-order valence-electron chi connectivity index (χ0n) is 9.33. The van der Waals surface area contributed by atoms with Gasteiger partial charge in [0.15, 0.2) is 0 Å². The van der Waals surface area contributed by atoms with Crippen LogP contribution in [0.3, 0.4) is 0 Å². The number of aliphatic carboxylic acids is 1. The number of hydrogen-bond donors (Lipinski definition) is 2. The molecule has 0 aliphatic rings. The molecule has 0 aliphatic carbocycles. The van der Waals surface area contributed by atoms with Crippen LogP contribution in [-0.4, -0.2) is 24.1 Å². The van der Waals surface area contributed by atoms with Crippen LogP contribution in [0.25, 0.3) is 0 Å². The van der Waals surface area contributed by atoms with Gasteiger partial charge in [0.2, 0.25) is 0 Å². The highest BCUT2D eigenvalue weighted by Crippen LogP contribution is 2.28. The lowest BCUT2D eigenvalue weighted by molar-refractivity contribution is -0.147. The Morgan fingerprint density at radius 2 is 1.94 bits per heavy atom. The first kappa shape index (κ1) is 12.0. The molecule has 0 unspecified atom stereocenters. The van der Waals surface area contributed by atoms with Crippen molar-refractivity contribution in [2.75, 3.05) is 12.4 Å². The number of anilines is 1. The number of methoxy groups -OCH3 is 1. The normalized spacial score (nSPS) is 9.69. The number of nitrogens with one attached hydrogen (secondary N) is 1. The third-order valence-electron chi connectivity index (χ3n) is 2.25. The lowest BCUT2D eigenvalue weighted by Gasteiger charge is -2.12. The molecule has 0 radical (unpaired) electrons. The number of benzene rings is 1. The molecule has 0 spiro atoms. The highest BCUT2D eigenvalue weighted by molar-refractivity contribution is 6.36. The molecule has 0 atom stereocenters. The van der Waals surface area contributed by atoms with E-state index in [9.17, 15) is 9.59 Å². The van der Waals surface area contributed by atoms with Crippen molar-refractivity contribution in [1.82, 2.24) is 0 Å². The number of aryl methyl sites for hydroxylation is 1.